The minimum atomic E-state index is -0.222. The Kier molecular flexibility index (Phi) is 5.29. The Bertz CT molecular complexity index is 633. The van der Waals surface area contributed by atoms with Crippen LogP contribution in [0.5, 0.6) is 0 Å². The Morgan fingerprint density at radius 2 is 2.33 bits per heavy atom. The smallest absolute Gasteiger partial charge is 0.315 e. The van der Waals surface area contributed by atoms with Crippen molar-refractivity contribution in [3.63, 3.8) is 0 Å². The second kappa shape index (κ2) is 7.41. The van der Waals surface area contributed by atoms with Gasteiger partial charge in [0, 0.05) is 30.6 Å². The van der Waals surface area contributed by atoms with Crippen molar-refractivity contribution in [2.75, 3.05) is 6.54 Å². The first kappa shape index (κ1) is 15.0. The number of benzene rings is 1. The normalized spacial score (nSPS) is 11.4. The highest BCUT2D eigenvalue weighted by atomic mass is 32.1. The van der Waals surface area contributed by atoms with Crippen molar-refractivity contribution >= 4 is 17.4 Å². The maximum atomic E-state index is 11.7. The second-order valence-corrected chi connectivity index (χ2v) is 5.57. The lowest BCUT2D eigenvalue weighted by molar-refractivity contribution is 0.240. The Hall–Kier alpha value is -2.39. The predicted octanol–water partition coefficient (Wildman–Crippen LogP) is 2.62. The molecule has 2 N–H and O–H groups in total. The van der Waals surface area contributed by atoms with Crippen LogP contribution in [0.25, 0.3) is 0 Å². The van der Waals surface area contributed by atoms with Crippen LogP contribution in [0.3, 0.4) is 0 Å². The van der Waals surface area contributed by atoms with Crippen LogP contribution in [-0.4, -0.2) is 17.6 Å². The molecule has 0 aliphatic carbocycles. The van der Waals surface area contributed by atoms with Gasteiger partial charge in [-0.2, -0.15) is 5.26 Å². The fourth-order valence-corrected chi connectivity index (χ4v) is 2.51. The number of hydrogen-bond acceptors (Lipinski definition) is 4. The van der Waals surface area contributed by atoms with Crippen LogP contribution in [0.15, 0.2) is 35.8 Å². The number of amides is 2. The van der Waals surface area contributed by atoms with Gasteiger partial charge in [-0.15, -0.1) is 11.3 Å². The number of urea groups is 1. The first-order valence-electron chi connectivity index (χ1n) is 6.59. The Balaban J connectivity index is 1.76. The Morgan fingerprint density at radius 3 is 3.05 bits per heavy atom. The zero-order valence-electron chi connectivity index (χ0n) is 11.7. The zero-order chi connectivity index (χ0) is 15.1. The van der Waals surface area contributed by atoms with Crippen LogP contribution < -0.4 is 10.6 Å². The van der Waals surface area contributed by atoms with Crippen LogP contribution in [0.4, 0.5) is 4.79 Å². The minimum absolute atomic E-state index is 0.192. The summed E-state index contributed by atoms with van der Waals surface area (Å²) in [5, 5.41) is 17.4. The van der Waals surface area contributed by atoms with E-state index in [2.05, 4.69) is 21.7 Å². The molecule has 5 nitrogen and oxygen atoms in total. The van der Waals surface area contributed by atoms with Crippen molar-refractivity contribution in [3.05, 3.63) is 52.0 Å². The fraction of sp³-hybridized carbons (Fsp3) is 0.267. The summed E-state index contributed by atoms with van der Waals surface area (Å²) in [4.78, 5) is 16.0. The molecule has 2 amide bonds. The average Bonchev–Trinajstić information content (AvgIpc) is 3.05. The van der Waals surface area contributed by atoms with Gasteiger partial charge >= 0.3 is 6.03 Å². The van der Waals surface area contributed by atoms with Crippen molar-refractivity contribution < 1.29 is 4.79 Å². The number of nitrogens with one attached hydrogen (secondary N) is 2. The SMILES string of the molecule is C[C@@H](CNC(=O)NCc1cccc(C#N)c1)c1nccs1. The van der Waals surface area contributed by atoms with E-state index in [-0.39, 0.29) is 11.9 Å². The molecular weight excluding hydrogens is 284 g/mol. The molecular formula is C15H16N4OS. The highest BCUT2D eigenvalue weighted by molar-refractivity contribution is 7.09. The largest absolute Gasteiger partial charge is 0.337 e. The quantitative estimate of drug-likeness (QED) is 0.891. The first-order chi connectivity index (χ1) is 10.2. The van der Waals surface area contributed by atoms with Gasteiger partial charge in [0.25, 0.3) is 0 Å². The fourth-order valence-electron chi connectivity index (χ4n) is 1.81. The van der Waals surface area contributed by atoms with Gasteiger partial charge in [0.05, 0.1) is 16.6 Å². The highest BCUT2D eigenvalue weighted by Crippen LogP contribution is 2.16. The Labute approximate surface area is 127 Å². The third kappa shape index (κ3) is 4.58. The van der Waals surface area contributed by atoms with Gasteiger partial charge in [-0.3, -0.25) is 0 Å². The molecule has 0 aliphatic rings. The van der Waals surface area contributed by atoms with E-state index in [4.69, 9.17) is 5.26 Å². The summed E-state index contributed by atoms with van der Waals surface area (Å²) in [6.07, 6.45) is 1.76. The molecule has 108 valence electrons. The molecule has 1 aromatic heterocycles. The zero-order valence-corrected chi connectivity index (χ0v) is 12.5. The van der Waals surface area contributed by atoms with Gasteiger partial charge in [-0.25, -0.2) is 9.78 Å². The number of nitriles is 1. The van der Waals surface area contributed by atoms with Crippen molar-refractivity contribution in [2.45, 2.75) is 19.4 Å². The van der Waals surface area contributed by atoms with E-state index in [0.717, 1.165) is 10.6 Å². The van der Waals surface area contributed by atoms with E-state index in [9.17, 15) is 4.79 Å². The molecule has 21 heavy (non-hydrogen) atoms. The Morgan fingerprint density at radius 1 is 1.48 bits per heavy atom. The molecule has 0 unspecified atom stereocenters. The molecule has 2 aromatic rings. The van der Waals surface area contributed by atoms with Crippen LogP contribution in [0.2, 0.25) is 0 Å². The predicted molar refractivity (Wildman–Crippen MR) is 81.9 cm³/mol. The summed E-state index contributed by atoms with van der Waals surface area (Å²) in [7, 11) is 0. The number of carbonyl (C=O) groups excluding carboxylic acids is 1. The van der Waals surface area contributed by atoms with E-state index < -0.39 is 0 Å². The van der Waals surface area contributed by atoms with Crippen LogP contribution in [0.1, 0.15) is 29.0 Å². The van der Waals surface area contributed by atoms with E-state index in [1.54, 1.807) is 35.7 Å². The minimum Gasteiger partial charge on any atom is -0.337 e. The highest BCUT2D eigenvalue weighted by Gasteiger charge is 2.09. The molecule has 0 spiro atoms. The summed E-state index contributed by atoms with van der Waals surface area (Å²) in [6.45, 7) is 2.96. The number of carbonyl (C=O) groups is 1. The number of hydrogen-bond donors (Lipinski definition) is 2. The lowest BCUT2D eigenvalue weighted by Gasteiger charge is -2.11. The van der Waals surface area contributed by atoms with E-state index in [0.29, 0.717) is 18.7 Å². The molecule has 6 heteroatoms. The van der Waals surface area contributed by atoms with Gasteiger partial charge < -0.3 is 10.6 Å². The monoisotopic (exact) mass is 300 g/mol. The molecule has 1 atom stereocenters. The summed E-state index contributed by atoms with van der Waals surface area (Å²) < 4.78 is 0. The average molecular weight is 300 g/mol. The molecule has 0 saturated carbocycles. The molecule has 0 bridgehead atoms. The maximum Gasteiger partial charge on any atom is 0.315 e. The lowest BCUT2D eigenvalue weighted by atomic mass is 10.1. The van der Waals surface area contributed by atoms with Gasteiger partial charge in [0.1, 0.15) is 0 Å². The van der Waals surface area contributed by atoms with Gasteiger partial charge in [0.15, 0.2) is 0 Å². The topological polar surface area (TPSA) is 77.8 Å². The van der Waals surface area contributed by atoms with Gasteiger partial charge in [0.2, 0.25) is 0 Å². The van der Waals surface area contributed by atoms with Crippen molar-refractivity contribution in [3.8, 4) is 6.07 Å². The number of nitrogens with zero attached hydrogens (tertiary/aromatic N) is 2. The van der Waals surface area contributed by atoms with Crippen LogP contribution >= 0.6 is 11.3 Å². The molecule has 0 fully saturated rings. The van der Waals surface area contributed by atoms with E-state index in [1.165, 1.54) is 0 Å². The number of thiazole rings is 1. The number of aromatic nitrogens is 1. The molecule has 1 heterocycles. The molecule has 0 saturated heterocycles. The van der Waals surface area contributed by atoms with Crippen LogP contribution in [0, 0.1) is 11.3 Å². The maximum absolute atomic E-state index is 11.7. The van der Waals surface area contributed by atoms with Crippen LogP contribution in [-0.2, 0) is 6.54 Å². The summed E-state index contributed by atoms with van der Waals surface area (Å²) >= 11 is 1.58. The molecule has 0 radical (unpaired) electrons. The second-order valence-electron chi connectivity index (χ2n) is 4.65. The number of rotatable bonds is 5. The van der Waals surface area contributed by atoms with Gasteiger partial charge in [-0.1, -0.05) is 19.1 Å². The third-order valence-corrected chi connectivity index (χ3v) is 3.96. The van der Waals surface area contributed by atoms with E-state index in [1.807, 2.05) is 18.4 Å². The van der Waals surface area contributed by atoms with Crippen molar-refractivity contribution in [2.24, 2.45) is 0 Å². The van der Waals surface area contributed by atoms with Gasteiger partial charge in [-0.05, 0) is 17.7 Å². The molecule has 2 rings (SSSR count). The summed E-state index contributed by atoms with van der Waals surface area (Å²) in [5.74, 6) is 0.192. The summed E-state index contributed by atoms with van der Waals surface area (Å²) in [6, 6.07) is 9.03. The first-order valence-corrected chi connectivity index (χ1v) is 7.47. The molecule has 0 aliphatic heterocycles. The summed E-state index contributed by atoms with van der Waals surface area (Å²) in [5.41, 5.74) is 1.49. The molecule has 1 aromatic carbocycles. The standard InChI is InChI=1S/C15H16N4OS/c1-11(14-17-5-6-21-14)9-18-15(20)19-10-13-4-2-3-12(7-13)8-16/h2-7,11H,9-10H2,1H3,(H2,18,19,20)/t11-/m0/s1. The van der Waals surface area contributed by atoms with Crippen molar-refractivity contribution in [1.82, 2.24) is 15.6 Å². The van der Waals surface area contributed by atoms with Crippen molar-refractivity contribution in [1.29, 1.82) is 5.26 Å². The lowest BCUT2D eigenvalue weighted by Crippen LogP contribution is -2.37. The third-order valence-electron chi connectivity index (χ3n) is 2.95. The van der Waals surface area contributed by atoms with E-state index >= 15 is 0 Å².